The first-order valence-electron chi connectivity index (χ1n) is 8.58. The minimum atomic E-state index is 0.180. The van der Waals surface area contributed by atoms with Crippen molar-refractivity contribution < 1.29 is 4.79 Å². The molecule has 0 aliphatic carbocycles. The zero-order valence-corrected chi connectivity index (χ0v) is 14.8. The highest BCUT2D eigenvalue weighted by molar-refractivity contribution is 5.94. The Balaban J connectivity index is 1.83. The molecule has 0 spiro atoms. The lowest BCUT2D eigenvalue weighted by molar-refractivity contribution is -0.128. The van der Waals surface area contributed by atoms with Gasteiger partial charge in [-0.05, 0) is 17.4 Å². The number of carbonyl (C=O) groups excluding carboxylic acids is 1. The number of hydrogen-bond acceptors (Lipinski definition) is 4. The van der Waals surface area contributed by atoms with Crippen LogP contribution < -0.4 is 4.90 Å². The smallest absolute Gasteiger partial charge is 0.219 e. The third-order valence-electron chi connectivity index (χ3n) is 4.71. The van der Waals surface area contributed by atoms with Crippen LogP contribution in [0.2, 0.25) is 0 Å². The Morgan fingerprint density at radius 3 is 2.58 bits per heavy atom. The summed E-state index contributed by atoms with van der Waals surface area (Å²) in [6.07, 6.45) is 3.03. The van der Waals surface area contributed by atoms with E-state index in [9.17, 15) is 4.79 Å². The van der Waals surface area contributed by atoms with Gasteiger partial charge in [0.25, 0.3) is 0 Å². The van der Waals surface area contributed by atoms with E-state index < -0.39 is 0 Å². The van der Waals surface area contributed by atoms with Crippen LogP contribution in [0.4, 0.5) is 5.82 Å². The zero-order chi connectivity index (χ0) is 17.1. The van der Waals surface area contributed by atoms with Crippen molar-refractivity contribution in [1.29, 1.82) is 0 Å². The minimum absolute atomic E-state index is 0.180. The number of aromatic nitrogens is 1. The molecular weight excluding hydrogens is 300 g/mol. The van der Waals surface area contributed by atoms with Crippen LogP contribution in [0.1, 0.15) is 18.9 Å². The maximum absolute atomic E-state index is 11.6. The molecule has 2 heterocycles. The van der Waals surface area contributed by atoms with E-state index >= 15 is 0 Å². The molecule has 1 aromatic heterocycles. The predicted octanol–water partition coefficient (Wildman–Crippen LogP) is 2.36. The molecule has 1 aliphatic heterocycles. The van der Waals surface area contributed by atoms with Gasteiger partial charge in [-0.1, -0.05) is 24.3 Å². The maximum atomic E-state index is 11.6. The van der Waals surface area contributed by atoms with Crippen molar-refractivity contribution >= 4 is 22.5 Å². The molecule has 0 bridgehead atoms. The molecule has 1 saturated heterocycles. The van der Waals surface area contributed by atoms with Crippen LogP contribution in [-0.4, -0.2) is 61.0 Å². The second-order valence-corrected chi connectivity index (χ2v) is 6.68. The van der Waals surface area contributed by atoms with Crippen LogP contribution in [0, 0.1) is 0 Å². The number of nitrogens with zero attached hydrogens (tertiary/aromatic N) is 4. The molecule has 0 unspecified atom stereocenters. The van der Waals surface area contributed by atoms with Crippen molar-refractivity contribution in [2.75, 3.05) is 45.2 Å². The van der Waals surface area contributed by atoms with Gasteiger partial charge in [-0.25, -0.2) is 4.98 Å². The Morgan fingerprint density at radius 2 is 1.88 bits per heavy atom. The summed E-state index contributed by atoms with van der Waals surface area (Å²) in [4.78, 5) is 22.7. The molecule has 128 valence electrons. The molecule has 0 saturated carbocycles. The van der Waals surface area contributed by atoms with E-state index in [1.165, 1.54) is 16.3 Å². The Morgan fingerprint density at radius 1 is 1.12 bits per heavy atom. The van der Waals surface area contributed by atoms with Crippen molar-refractivity contribution in [3.05, 3.63) is 36.0 Å². The molecule has 1 fully saturated rings. The van der Waals surface area contributed by atoms with Crippen LogP contribution in [0.25, 0.3) is 10.8 Å². The topological polar surface area (TPSA) is 39.7 Å². The molecule has 1 aromatic carbocycles. The van der Waals surface area contributed by atoms with Gasteiger partial charge in [0.15, 0.2) is 0 Å². The second-order valence-electron chi connectivity index (χ2n) is 6.68. The van der Waals surface area contributed by atoms with Gasteiger partial charge in [0.1, 0.15) is 5.82 Å². The van der Waals surface area contributed by atoms with E-state index in [1.807, 2.05) is 25.2 Å². The van der Waals surface area contributed by atoms with Gasteiger partial charge in [0.05, 0.1) is 0 Å². The van der Waals surface area contributed by atoms with Crippen LogP contribution >= 0.6 is 0 Å². The molecule has 0 radical (unpaired) electrons. The number of hydrogen-bond donors (Lipinski definition) is 0. The van der Waals surface area contributed by atoms with Gasteiger partial charge in [-0.2, -0.15) is 0 Å². The fourth-order valence-corrected chi connectivity index (χ4v) is 3.40. The van der Waals surface area contributed by atoms with Crippen molar-refractivity contribution in [3.8, 4) is 0 Å². The van der Waals surface area contributed by atoms with Crippen LogP contribution in [0.3, 0.4) is 0 Å². The lowest BCUT2D eigenvalue weighted by Crippen LogP contribution is -2.33. The summed E-state index contributed by atoms with van der Waals surface area (Å²) in [5, 5.41) is 2.46. The van der Waals surface area contributed by atoms with E-state index in [0.29, 0.717) is 0 Å². The number of benzene rings is 1. The first-order valence-corrected chi connectivity index (χ1v) is 8.58. The monoisotopic (exact) mass is 326 g/mol. The van der Waals surface area contributed by atoms with Crippen molar-refractivity contribution in [2.24, 2.45) is 0 Å². The fourth-order valence-electron chi connectivity index (χ4n) is 3.40. The largest absolute Gasteiger partial charge is 0.362 e. The van der Waals surface area contributed by atoms with Crippen LogP contribution in [-0.2, 0) is 11.3 Å². The first-order chi connectivity index (χ1) is 11.6. The molecule has 1 amide bonds. The lowest BCUT2D eigenvalue weighted by Gasteiger charge is -2.22. The quantitative estimate of drug-likeness (QED) is 0.868. The molecule has 0 atom stereocenters. The molecule has 24 heavy (non-hydrogen) atoms. The molecule has 3 rings (SSSR count). The van der Waals surface area contributed by atoms with Crippen molar-refractivity contribution in [3.63, 3.8) is 0 Å². The van der Waals surface area contributed by atoms with E-state index in [2.05, 4.69) is 39.0 Å². The fraction of sp³-hybridized carbons (Fsp3) is 0.474. The van der Waals surface area contributed by atoms with Gasteiger partial charge >= 0.3 is 0 Å². The number of carbonyl (C=O) groups is 1. The summed E-state index contributed by atoms with van der Waals surface area (Å²) in [5.74, 6) is 1.19. The normalized spacial score (nSPS) is 16.2. The van der Waals surface area contributed by atoms with Crippen molar-refractivity contribution in [1.82, 2.24) is 14.8 Å². The summed E-state index contributed by atoms with van der Waals surface area (Å²) >= 11 is 0. The minimum Gasteiger partial charge on any atom is -0.362 e. The number of rotatable bonds is 3. The number of anilines is 1. The average molecular weight is 326 g/mol. The van der Waals surface area contributed by atoms with E-state index in [-0.39, 0.29) is 5.91 Å². The molecule has 5 heteroatoms. The standard InChI is InChI=1S/C19H26N4O/c1-15(24)23-10-6-9-22(11-12-23)14-16-13-20-19(21(2)3)18-8-5-4-7-17(16)18/h4-5,7-8,13H,6,9-12,14H2,1-3H3. The van der Waals surface area contributed by atoms with Gasteiger partial charge < -0.3 is 9.80 Å². The third kappa shape index (κ3) is 3.51. The highest BCUT2D eigenvalue weighted by atomic mass is 16.2. The van der Waals surface area contributed by atoms with Gasteiger partial charge in [0.2, 0.25) is 5.91 Å². The van der Waals surface area contributed by atoms with Crippen molar-refractivity contribution in [2.45, 2.75) is 19.9 Å². The Bertz CT molecular complexity index is 728. The molecular formula is C19H26N4O. The Hall–Kier alpha value is -2.14. The SMILES string of the molecule is CC(=O)N1CCCN(Cc2cnc(N(C)C)c3ccccc23)CC1. The van der Waals surface area contributed by atoms with Gasteiger partial charge in [0, 0.05) is 65.3 Å². The predicted molar refractivity (Wildman–Crippen MR) is 98.2 cm³/mol. The summed E-state index contributed by atoms with van der Waals surface area (Å²) in [5.41, 5.74) is 1.26. The van der Waals surface area contributed by atoms with E-state index in [0.717, 1.165) is 45.0 Å². The molecule has 2 aromatic rings. The van der Waals surface area contributed by atoms with E-state index in [1.54, 1.807) is 6.92 Å². The van der Waals surface area contributed by atoms with Crippen LogP contribution in [0.5, 0.6) is 0 Å². The third-order valence-corrected chi connectivity index (χ3v) is 4.71. The summed E-state index contributed by atoms with van der Waals surface area (Å²) < 4.78 is 0. The summed E-state index contributed by atoms with van der Waals surface area (Å²) in [7, 11) is 4.05. The molecule has 1 aliphatic rings. The highest BCUT2D eigenvalue weighted by Crippen LogP contribution is 2.27. The zero-order valence-electron chi connectivity index (χ0n) is 14.8. The maximum Gasteiger partial charge on any atom is 0.219 e. The highest BCUT2D eigenvalue weighted by Gasteiger charge is 2.18. The average Bonchev–Trinajstić information content (AvgIpc) is 2.80. The molecule has 0 N–H and O–H groups in total. The van der Waals surface area contributed by atoms with Gasteiger partial charge in [-0.3, -0.25) is 9.69 Å². The van der Waals surface area contributed by atoms with Gasteiger partial charge in [-0.15, -0.1) is 0 Å². The number of pyridine rings is 1. The number of amides is 1. The Kier molecular flexibility index (Phi) is 5.00. The Labute approximate surface area is 143 Å². The number of fused-ring (bicyclic) bond motifs is 1. The first kappa shape index (κ1) is 16.7. The second kappa shape index (κ2) is 7.18. The van der Waals surface area contributed by atoms with E-state index in [4.69, 9.17) is 0 Å². The summed E-state index contributed by atoms with van der Waals surface area (Å²) in [6.45, 7) is 6.16. The van der Waals surface area contributed by atoms with Crippen LogP contribution in [0.15, 0.2) is 30.5 Å². The lowest BCUT2D eigenvalue weighted by atomic mass is 10.1. The summed E-state index contributed by atoms with van der Waals surface area (Å²) in [6, 6.07) is 8.47. The molecule has 5 nitrogen and oxygen atoms in total.